The second-order valence-corrected chi connectivity index (χ2v) is 13.3. The molecular weight excluding hydrogens is 647 g/mol. The van der Waals surface area contributed by atoms with Crippen molar-refractivity contribution in [3.8, 4) is 67.3 Å². The molecule has 0 spiro atoms. The van der Waals surface area contributed by atoms with Gasteiger partial charge in [0.1, 0.15) is 11.2 Å². The van der Waals surface area contributed by atoms with E-state index in [1.54, 1.807) is 6.20 Å². The lowest BCUT2D eigenvalue weighted by atomic mass is 9.93. The van der Waals surface area contributed by atoms with Crippen molar-refractivity contribution in [3.63, 3.8) is 0 Å². The molecule has 0 N–H and O–H groups in total. The van der Waals surface area contributed by atoms with Crippen molar-refractivity contribution in [2.75, 3.05) is 0 Å². The standard InChI is InChI=1S/C49H31N3O/c1-2-12-33(13-3-1)45-30-46(52-49(51-45)43-18-7-6-16-41(43)37-15-10-24-50-31-37)40-27-38(35-21-20-32-11-4-5-14-34(32)25-35)26-39(28-40)36-22-23-48-44(29-36)42-17-8-9-19-47(42)53-48/h1-31H. The Morgan fingerprint density at radius 2 is 1.00 bits per heavy atom. The van der Waals surface area contributed by atoms with Crippen molar-refractivity contribution in [3.05, 3.63) is 188 Å². The number of nitrogens with zero attached hydrogens (tertiary/aromatic N) is 3. The van der Waals surface area contributed by atoms with Gasteiger partial charge in [-0.05, 0) is 93.2 Å². The molecule has 0 bridgehead atoms. The molecule has 0 aliphatic carbocycles. The highest BCUT2D eigenvalue weighted by molar-refractivity contribution is 6.06. The molecular formula is C49H31N3O. The largest absolute Gasteiger partial charge is 0.456 e. The summed E-state index contributed by atoms with van der Waals surface area (Å²) in [5.41, 5.74) is 12.9. The lowest BCUT2D eigenvalue weighted by molar-refractivity contribution is 0.669. The zero-order valence-electron chi connectivity index (χ0n) is 28.6. The van der Waals surface area contributed by atoms with E-state index in [0.717, 1.165) is 83.4 Å². The molecule has 0 saturated carbocycles. The van der Waals surface area contributed by atoms with Crippen LogP contribution in [0.2, 0.25) is 0 Å². The zero-order valence-corrected chi connectivity index (χ0v) is 28.6. The maximum Gasteiger partial charge on any atom is 0.161 e. The minimum absolute atomic E-state index is 0.657. The Morgan fingerprint density at radius 1 is 0.358 bits per heavy atom. The third kappa shape index (κ3) is 5.73. The monoisotopic (exact) mass is 677 g/mol. The second kappa shape index (κ2) is 12.9. The van der Waals surface area contributed by atoms with Gasteiger partial charge in [-0.1, -0.05) is 121 Å². The Labute approximate surface area is 306 Å². The topological polar surface area (TPSA) is 51.8 Å². The van der Waals surface area contributed by atoms with E-state index in [1.165, 1.54) is 10.8 Å². The van der Waals surface area contributed by atoms with Crippen LogP contribution in [0.15, 0.2) is 193 Å². The summed E-state index contributed by atoms with van der Waals surface area (Å²) in [5, 5.41) is 4.62. The van der Waals surface area contributed by atoms with Gasteiger partial charge in [0.2, 0.25) is 0 Å². The van der Waals surface area contributed by atoms with Crippen LogP contribution in [0.5, 0.6) is 0 Å². The predicted molar refractivity (Wildman–Crippen MR) is 217 cm³/mol. The molecule has 0 aliphatic heterocycles. The first kappa shape index (κ1) is 30.6. The van der Waals surface area contributed by atoms with E-state index >= 15 is 0 Å². The smallest absolute Gasteiger partial charge is 0.161 e. The van der Waals surface area contributed by atoms with Crippen LogP contribution in [-0.2, 0) is 0 Å². The van der Waals surface area contributed by atoms with Gasteiger partial charge in [0.25, 0.3) is 0 Å². The van der Waals surface area contributed by atoms with Gasteiger partial charge in [-0.15, -0.1) is 0 Å². The van der Waals surface area contributed by atoms with Gasteiger partial charge in [-0.2, -0.15) is 0 Å². The van der Waals surface area contributed by atoms with Crippen LogP contribution in [0.1, 0.15) is 0 Å². The third-order valence-corrected chi connectivity index (χ3v) is 9.96. The number of hydrogen-bond donors (Lipinski definition) is 0. The zero-order chi connectivity index (χ0) is 35.1. The predicted octanol–water partition coefficient (Wildman–Crippen LogP) is 12.9. The number of para-hydroxylation sites is 1. The number of aromatic nitrogens is 3. The van der Waals surface area contributed by atoms with Gasteiger partial charge < -0.3 is 4.42 Å². The van der Waals surface area contributed by atoms with Gasteiger partial charge >= 0.3 is 0 Å². The van der Waals surface area contributed by atoms with Gasteiger partial charge in [0, 0.05) is 45.4 Å². The maximum atomic E-state index is 6.20. The molecule has 7 aromatic carbocycles. The van der Waals surface area contributed by atoms with Crippen LogP contribution < -0.4 is 0 Å². The summed E-state index contributed by atoms with van der Waals surface area (Å²) < 4.78 is 6.20. The summed E-state index contributed by atoms with van der Waals surface area (Å²) in [6.45, 7) is 0. The quantitative estimate of drug-likeness (QED) is 0.176. The summed E-state index contributed by atoms with van der Waals surface area (Å²) >= 11 is 0. The average Bonchev–Trinajstić information content (AvgIpc) is 3.62. The molecule has 0 atom stereocenters. The molecule has 0 radical (unpaired) electrons. The number of pyridine rings is 1. The first-order chi connectivity index (χ1) is 26.2. The van der Waals surface area contributed by atoms with E-state index in [9.17, 15) is 0 Å². The Bertz CT molecular complexity index is 2950. The highest BCUT2D eigenvalue weighted by Crippen LogP contribution is 2.39. The van der Waals surface area contributed by atoms with Crippen molar-refractivity contribution in [2.24, 2.45) is 0 Å². The summed E-state index contributed by atoms with van der Waals surface area (Å²) in [5.74, 6) is 0.657. The van der Waals surface area contributed by atoms with Crippen molar-refractivity contribution >= 4 is 32.7 Å². The van der Waals surface area contributed by atoms with E-state index in [4.69, 9.17) is 14.4 Å². The number of fused-ring (bicyclic) bond motifs is 4. The fourth-order valence-electron chi connectivity index (χ4n) is 7.31. The third-order valence-electron chi connectivity index (χ3n) is 9.96. The average molecular weight is 678 g/mol. The molecule has 10 aromatic rings. The molecule has 4 nitrogen and oxygen atoms in total. The highest BCUT2D eigenvalue weighted by atomic mass is 16.3. The molecule has 0 fully saturated rings. The Morgan fingerprint density at radius 3 is 1.83 bits per heavy atom. The van der Waals surface area contributed by atoms with Gasteiger partial charge in [-0.25, -0.2) is 9.97 Å². The molecule has 3 aromatic heterocycles. The molecule has 53 heavy (non-hydrogen) atoms. The summed E-state index contributed by atoms with van der Waals surface area (Å²) in [7, 11) is 0. The molecule has 0 unspecified atom stereocenters. The lowest BCUT2D eigenvalue weighted by Crippen LogP contribution is -1.98. The number of rotatable bonds is 6. The fourth-order valence-corrected chi connectivity index (χ4v) is 7.31. The lowest BCUT2D eigenvalue weighted by Gasteiger charge is -2.15. The van der Waals surface area contributed by atoms with Crippen LogP contribution >= 0.6 is 0 Å². The Kier molecular flexibility index (Phi) is 7.43. The second-order valence-electron chi connectivity index (χ2n) is 13.3. The normalized spacial score (nSPS) is 11.4. The Balaban J connectivity index is 1.21. The molecule has 10 rings (SSSR count). The number of benzene rings is 7. The summed E-state index contributed by atoms with van der Waals surface area (Å²) in [6.07, 6.45) is 3.68. The highest BCUT2D eigenvalue weighted by Gasteiger charge is 2.17. The molecule has 0 amide bonds. The van der Waals surface area contributed by atoms with Crippen LogP contribution in [0, 0.1) is 0 Å². The maximum absolute atomic E-state index is 6.20. The van der Waals surface area contributed by atoms with Crippen LogP contribution in [0.3, 0.4) is 0 Å². The first-order valence-electron chi connectivity index (χ1n) is 17.7. The van der Waals surface area contributed by atoms with Gasteiger partial charge in [-0.3, -0.25) is 4.98 Å². The Hall–Kier alpha value is -7.17. The summed E-state index contributed by atoms with van der Waals surface area (Å²) in [6, 6.07) is 61.5. The molecule has 4 heteroatoms. The van der Waals surface area contributed by atoms with E-state index in [0.29, 0.717) is 5.82 Å². The van der Waals surface area contributed by atoms with E-state index in [2.05, 4.69) is 145 Å². The number of hydrogen-bond acceptors (Lipinski definition) is 4. The van der Waals surface area contributed by atoms with Crippen molar-refractivity contribution in [1.82, 2.24) is 15.0 Å². The minimum atomic E-state index is 0.657. The molecule has 248 valence electrons. The van der Waals surface area contributed by atoms with Gasteiger partial charge in [0.15, 0.2) is 5.82 Å². The van der Waals surface area contributed by atoms with Crippen molar-refractivity contribution < 1.29 is 4.42 Å². The number of furan rings is 1. The van der Waals surface area contributed by atoms with Crippen molar-refractivity contribution in [1.29, 1.82) is 0 Å². The summed E-state index contributed by atoms with van der Waals surface area (Å²) in [4.78, 5) is 14.9. The van der Waals surface area contributed by atoms with Crippen molar-refractivity contribution in [2.45, 2.75) is 0 Å². The van der Waals surface area contributed by atoms with E-state index < -0.39 is 0 Å². The first-order valence-corrected chi connectivity index (χ1v) is 17.7. The molecule has 3 heterocycles. The molecule has 0 saturated heterocycles. The minimum Gasteiger partial charge on any atom is -0.456 e. The van der Waals surface area contributed by atoms with Crippen LogP contribution in [0.4, 0.5) is 0 Å². The van der Waals surface area contributed by atoms with E-state index in [-0.39, 0.29) is 0 Å². The SMILES string of the molecule is c1ccc(-c2cc(-c3cc(-c4ccc5ccccc5c4)cc(-c4ccc5oc6ccccc6c5c4)c3)nc(-c3ccccc3-c3cccnc3)n2)cc1. The van der Waals surface area contributed by atoms with Crippen LogP contribution in [-0.4, -0.2) is 15.0 Å². The molecule has 0 aliphatic rings. The van der Waals surface area contributed by atoms with E-state index in [1.807, 2.05) is 42.6 Å². The van der Waals surface area contributed by atoms with Crippen LogP contribution in [0.25, 0.3) is 100.0 Å². The fraction of sp³-hybridized carbons (Fsp3) is 0. The van der Waals surface area contributed by atoms with Gasteiger partial charge in [0.05, 0.1) is 11.4 Å².